The van der Waals surface area contributed by atoms with E-state index in [4.69, 9.17) is 10.8 Å². The predicted molar refractivity (Wildman–Crippen MR) is 140 cm³/mol. The number of benzene rings is 3. The number of nitrogens with zero attached hydrogens (tertiary/aromatic N) is 3. The van der Waals surface area contributed by atoms with E-state index in [2.05, 4.69) is 5.32 Å². The molecule has 4 aromatic rings. The number of hydrogen-bond donors (Lipinski definition) is 2. The number of nitrogens with two attached hydrogens (primary N) is 1. The fourth-order valence-electron chi connectivity index (χ4n) is 5.02. The molecule has 0 spiro atoms. The first-order valence-electron chi connectivity index (χ1n) is 12.2. The number of hydrogen-bond acceptors (Lipinski definition) is 4. The third-order valence-corrected chi connectivity index (χ3v) is 6.71. The minimum atomic E-state index is -0.940. The van der Waals surface area contributed by atoms with Crippen LogP contribution >= 0.6 is 0 Å². The molecule has 5 rings (SSSR count). The Balaban J connectivity index is 1.71. The lowest BCUT2D eigenvalue weighted by atomic mass is 9.80. The first-order chi connectivity index (χ1) is 17.9. The van der Waals surface area contributed by atoms with Gasteiger partial charge in [-0.1, -0.05) is 48.0 Å². The van der Waals surface area contributed by atoms with Gasteiger partial charge < -0.3 is 11.1 Å². The molecule has 8 heteroatoms. The fourth-order valence-corrected chi connectivity index (χ4v) is 5.02. The maximum Gasteiger partial charge on any atom is 0.251 e. The number of halogens is 1. The van der Waals surface area contributed by atoms with E-state index in [1.165, 1.54) is 12.1 Å². The van der Waals surface area contributed by atoms with Crippen molar-refractivity contribution in [1.82, 2.24) is 15.1 Å². The minimum Gasteiger partial charge on any atom is -0.339 e. The molecule has 0 bridgehead atoms. The average molecular weight is 498 g/mol. The van der Waals surface area contributed by atoms with E-state index >= 15 is 0 Å². The van der Waals surface area contributed by atoms with Gasteiger partial charge in [0.15, 0.2) is 0 Å². The van der Waals surface area contributed by atoms with Gasteiger partial charge in [0.2, 0.25) is 0 Å². The van der Waals surface area contributed by atoms with Crippen molar-refractivity contribution in [2.45, 2.75) is 32.4 Å². The molecule has 0 saturated carbocycles. The highest BCUT2D eigenvalue weighted by Gasteiger charge is 2.45. The van der Waals surface area contributed by atoms with Crippen molar-refractivity contribution >= 4 is 17.6 Å². The number of rotatable bonds is 6. The summed E-state index contributed by atoms with van der Waals surface area (Å²) in [5, 5.41) is 7.78. The molecule has 1 aromatic heterocycles. The number of para-hydroxylation sites is 1. The van der Waals surface area contributed by atoms with Crippen molar-refractivity contribution in [1.29, 1.82) is 0 Å². The van der Waals surface area contributed by atoms with Gasteiger partial charge in [-0.25, -0.2) is 9.07 Å². The molecule has 2 unspecified atom stereocenters. The van der Waals surface area contributed by atoms with Crippen LogP contribution in [0.5, 0.6) is 0 Å². The van der Waals surface area contributed by atoms with Crippen molar-refractivity contribution in [2.75, 3.05) is 11.4 Å². The molecule has 1 aliphatic heterocycles. The van der Waals surface area contributed by atoms with Gasteiger partial charge in [0.25, 0.3) is 11.8 Å². The topological polar surface area (TPSA) is 93.2 Å². The second-order valence-corrected chi connectivity index (χ2v) is 9.07. The Bertz CT molecular complexity index is 1450. The maximum atomic E-state index is 14.0. The Kier molecular flexibility index (Phi) is 6.58. The van der Waals surface area contributed by atoms with Crippen LogP contribution in [0.3, 0.4) is 0 Å². The van der Waals surface area contributed by atoms with E-state index in [-0.39, 0.29) is 24.2 Å². The van der Waals surface area contributed by atoms with Gasteiger partial charge in [-0.15, -0.1) is 0 Å². The molecule has 0 aliphatic carbocycles. The summed E-state index contributed by atoms with van der Waals surface area (Å²) in [6.07, 6.45) is 0. The molecular weight excluding hydrogens is 469 g/mol. The summed E-state index contributed by atoms with van der Waals surface area (Å²) in [4.78, 5) is 29.0. The number of nitrogens with one attached hydrogen (secondary N) is 1. The van der Waals surface area contributed by atoms with Gasteiger partial charge in [0, 0.05) is 30.1 Å². The number of fused-ring (bicyclic) bond motifs is 1. The summed E-state index contributed by atoms with van der Waals surface area (Å²) < 4.78 is 15.6. The Labute approximate surface area is 214 Å². The van der Waals surface area contributed by atoms with E-state index in [1.54, 1.807) is 39.9 Å². The zero-order chi connectivity index (χ0) is 26.1. The fraction of sp³-hybridized carbons (Fsp3) is 0.207. The highest BCUT2D eigenvalue weighted by atomic mass is 19.1. The van der Waals surface area contributed by atoms with E-state index in [0.717, 1.165) is 16.8 Å². The Morgan fingerprint density at radius 2 is 1.78 bits per heavy atom. The molecular formula is C29H28FN5O2. The van der Waals surface area contributed by atoms with Gasteiger partial charge >= 0.3 is 0 Å². The van der Waals surface area contributed by atoms with Crippen molar-refractivity contribution in [2.24, 2.45) is 5.73 Å². The first kappa shape index (κ1) is 24.4. The van der Waals surface area contributed by atoms with Crippen molar-refractivity contribution in [3.05, 3.63) is 113 Å². The Hall–Kier alpha value is -4.30. The molecule has 2 heterocycles. The number of carbonyl (C=O) groups is 2. The molecule has 1 aliphatic rings. The molecule has 2 atom stereocenters. The lowest BCUT2D eigenvalue weighted by molar-refractivity contribution is -0.121. The van der Waals surface area contributed by atoms with Crippen LogP contribution in [-0.4, -0.2) is 34.2 Å². The quantitative estimate of drug-likeness (QED) is 0.420. The van der Waals surface area contributed by atoms with E-state index < -0.39 is 12.0 Å². The molecule has 0 fully saturated rings. The molecule has 0 radical (unpaired) electrons. The van der Waals surface area contributed by atoms with Gasteiger partial charge in [0.1, 0.15) is 17.7 Å². The minimum absolute atomic E-state index is 0.129. The van der Waals surface area contributed by atoms with Crippen LogP contribution < -0.4 is 16.0 Å². The third kappa shape index (κ3) is 4.40. The summed E-state index contributed by atoms with van der Waals surface area (Å²) in [6.45, 7) is 4.27. The van der Waals surface area contributed by atoms with Gasteiger partial charge in [-0.05, 0) is 55.8 Å². The lowest BCUT2D eigenvalue weighted by Gasteiger charge is -2.38. The van der Waals surface area contributed by atoms with Crippen molar-refractivity contribution in [3.63, 3.8) is 0 Å². The molecule has 3 aromatic carbocycles. The van der Waals surface area contributed by atoms with Gasteiger partial charge in [-0.2, -0.15) is 5.10 Å². The zero-order valence-corrected chi connectivity index (χ0v) is 20.7. The smallest absolute Gasteiger partial charge is 0.251 e. The van der Waals surface area contributed by atoms with E-state index in [1.807, 2.05) is 50.2 Å². The van der Waals surface area contributed by atoms with E-state index in [9.17, 15) is 14.0 Å². The Morgan fingerprint density at radius 1 is 1.05 bits per heavy atom. The second kappa shape index (κ2) is 9.99. The van der Waals surface area contributed by atoms with Crippen LogP contribution in [0.25, 0.3) is 5.69 Å². The Morgan fingerprint density at radius 3 is 2.43 bits per heavy atom. The van der Waals surface area contributed by atoms with Crippen LogP contribution in [-0.2, 0) is 11.3 Å². The summed E-state index contributed by atoms with van der Waals surface area (Å²) in [7, 11) is 0. The average Bonchev–Trinajstić information content (AvgIpc) is 3.29. The first-order valence-corrected chi connectivity index (χ1v) is 12.2. The number of likely N-dealkylation sites (N-methyl/N-ethyl adjacent to an activating group) is 1. The predicted octanol–water partition coefficient (Wildman–Crippen LogP) is 4.08. The third-order valence-electron chi connectivity index (χ3n) is 6.71. The summed E-state index contributed by atoms with van der Waals surface area (Å²) in [5.74, 6) is -1.03. The lowest BCUT2D eigenvalue weighted by Crippen LogP contribution is -2.55. The highest BCUT2D eigenvalue weighted by molar-refractivity contribution is 6.05. The molecule has 188 valence electrons. The largest absolute Gasteiger partial charge is 0.339 e. The van der Waals surface area contributed by atoms with Gasteiger partial charge in [0.05, 0.1) is 11.4 Å². The summed E-state index contributed by atoms with van der Waals surface area (Å²) >= 11 is 0. The number of aryl methyl sites for hydroxylation is 1. The van der Waals surface area contributed by atoms with Crippen LogP contribution in [0, 0.1) is 12.7 Å². The van der Waals surface area contributed by atoms with Crippen LogP contribution in [0.4, 0.5) is 10.2 Å². The molecule has 0 saturated heterocycles. The van der Waals surface area contributed by atoms with Crippen molar-refractivity contribution < 1.29 is 14.0 Å². The number of aromatic nitrogens is 2. The van der Waals surface area contributed by atoms with Crippen LogP contribution in [0.1, 0.15) is 45.6 Å². The molecule has 2 amide bonds. The summed E-state index contributed by atoms with van der Waals surface area (Å²) in [6, 6.07) is 21.8. The second-order valence-electron chi connectivity index (χ2n) is 9.07. The molecule has 3 N–H and O–H groups in total. The summed E-state index contributed by atoms with van der Waals surface area (Å²) in [5.41, 5.74) is 10.4. The highest BCUT2D eigenvalue weighted by Crippen LogP contribution is 2.43. The standard InChI is InChI=1S/C29H28FN5O2/c1-3-34-28-25(23(17-31)33-35(28)22-10-5-4-6-11-22)24(19-12-14-21(30)15-13-19)26(29(34)37)32-27(36)20-9-7-8-18(2)16-20/h4-16,24,26H,3,17,31H2,1-2H3,(H,32,36). The van der Waals surface area contributed by atoms with E-state index in [0.29, 0.717) is 29.2 Å². The maximum absolute atomic E-state index is 14.0. The normalized spacial score (nSPS) is 17.0. The monoisotopic (exact) mass is 497 g/mol. The molecule has 7 nitrogen and oxygen atoms in total. The van der Waals surface area contributed by atoms with Crippen LogP contribution in [0.2, 0.25) is 0 Å². The number of amides is 2. The van der Waals surface area contributed by atoms with Crippen LogP contribution in [0.15, 0.2) is 78.9 Å². The van der Waals surface area contributed by atoms with Gasteiger partial charge in [-0.3, -0.25) is 14.5 Å². The SMILES string of the molecule is CCN1C(=O)C(NC(=O)c2cccc(C)c2)C(c2ccc(F)cc2)c2c(CN)nn(-c3ccccc3)c21. The molecule has 37 heavy (non-hydrogen) atoms. The number of carbonyl (C=O) groups excluding carboxylic acids is 2. The van der Waals surface area contributed by atoms with Crippen molar-refractivity contribution in [3.8, 4) is 5.69 Å². The number of anilines is 1. The zero-order valence-electron chi connectivity index (χ0n) is 20.7.